The van der Waals surface area contributed by atoms with Crippen molar-refractivity contribution in [1.29, 1.82) is 0 Å². The average molecular weight is 446 g/mol. The van der Waals surface area contributed by atoms with Gasteiger partial charge in [0.2, 0.25) is 11.8 Å². The molecule has 0 spiro atoms. The van der Waals surface area contributed by atoms with Crippen molar-refractivity contribution >= 4 is 42.4 Å². The molecule has 2 amide bonds. The highest BCUT2D eigenvalue weighted by Gasteiger charge is 2.25. The fourth-order valence-electron chi connectivity index (χ4n) is 4.02. The van der Waals surface area contributed by atoms with Crippen LogP contribution < -0.4 is 21.3 Å². The molecule has 0 unspecified atom stereocenters. The molecule has 0 aliphatic carbocycles. The van der Waals surface area contributed by atoms with Crippen LogP contribution >= 0.6 is 24.8 Å². The number of rotatable bonds is 7. The van der Waals surface area contributed by atoms with Crippen LogP contribution in [0.25, 0.3) is 0 Å². The summed E-state index contributed by atoms with van der Waals surface area (Å²) in [5, 5.41) is 6.41. The van der Waals surface area contributed by atoms with Gasteiger partial charge >= 0.3 is 0 Å². The number of halogens is 2. The van der Waals surface area contributed by atoms with Gasteiger partial charge < -0.3 is 21.3 Å². The van der Waals surface area contributed by atoms with Crippen LogP contribution in [0.4, 0.5) is 5.82 Å². The summed E-state index contributed by atoms with van der Waals surface area (Å²) in [6.07, 6.45) is 7.18. The average Bonchev–Trinajstić information content (AvgIpc) is 2.72. The first kappa shape index (κ1) is 25.5. The van der Waals surface area contributed by atoms with Crippen LogP contribution in [0.15, 0.2) is 18.3 Å². The van der Waals surface area contributed by atoms with Crippen molar-refractivity contribution in [3.8, 4) is 0 Å². The second-order valence-corrected chi connectivity index (χ2v) is 7.66. The number of hydrogen-bond acceptors (Lipinski definition) is 5. The van der Waals surface area contributed by atoms with Gasteiger partial charge in [-0.3, -0.25) is 9.59 Å². The Morgan fingerprint density at radius 3 is 2.52 bits per heavy atom. The van der Waals surface area contributed by atoms with Crippen LogP contribution in [0.1, 0.15) is 44.1 Å². The standard InChI is InChI=1S/C20H31N5O2.2ClH/c21-19(27)16-7-12-25(13-8-16)20-17(2-1-9-23-20)14-24-18(26)4-3-15-5-10-22-11-6-15;;/h1-2,9,15-16,22H,3-8,10-14H2,(H2,21,27)(H,24,26);2*1H. The molecule has 2 fully saturated rings. The van der Waals surface area contributed by atoms with E-state index in [9.17, 15) is 9.59 Å². The molecular formula is C20H33Cl2N5O2. The van der Waals surface area contributed by atoms with Crippen LogP contribution in [0, 0.1) is 11.8 Å². The first-order valence-corrected chi connectivity index (χ1v) is 10.1. The summed E-state index contributed by atoms with van der Waals surface area (Å²) in [7, 11) is 0. The normalized spacial score (nSPS) is 17.7. The molecule has 2 aliphatic rings. The number of primary amides is 1. The van der Waals surface area contributed by atoms with Crippen molar-refractivity contribution in [1.82, 2.24) is 15.6 Å². The van der Waals surface area contributed by atoms with E-state index < -0.39 is 0 Å². The number of aromatic nitrogens is 1. The highest BCUT2D eigenvalue weighted by Crippen LogP contribution is 2.24. The number of hydrogen-bond donors (Lipinski definition) is 3. The Kier molecular flexibility index (Phi) is 11.3. The second kappa shape index (κ2) is 12.9. The lowest BCUT2D eigenvalue weighted by molar-refractivity contribution is -0.122. The highest BCUT2D eigenvalue weighted by atomic mass is 35.5. The molecule has 2 aliphatic heterocycles. The Balaban J connectivity index is 0.00000210. The molecule has 2 saturated heterocycles. The second-order valence-electron chi connectivity index (χ2n) is 7.66. The fraction of sp³-hybridized carbons (Fsp3) is 0.650. The predicted octanol–water partition coefficient (Wildman–Crippen LogP) is 2.02. The number of nitrogens with one attached hydrogen (secondary N) is 2. The van der Waals surface area contributed by atoms with Gasteiger partial charge in [0.25, 0.3) is 0 Å². The molecule has 0 saturated carbocycles. The molecule has 0 bridgehead atoms. The van der Waals surface area contributed by atoms with Crippen LogP contribution in [0.2, 0.25) is 0 Å². The van der Waals surface area contributed by atoms with Crippen LogP contribution in [0.5, 0.6) is 0 Å². The quantitative estimate of drug-likeness (QED) is 0.595. The zero-order chi connectivity index (χ0) is 19.1. The molecule has 0 radical (unpaired) electrons. The summed E-state index contributed by atoms with van der Waals surface area (Å²) < 4.78 is 0. The minimum atomic E-state index is -0.211. The molecule has 4 N–H and O–H groups in total. The summed E-state index contributed by atoms with van der Waals surface area (Å²) in [4.78, 5) is 30.3. The van der Waals surface area contributed by atoms with Crippen molar-refractivity contribution in [2.75, 3.05) is 31.1 Å². The summed E-state index contributed by atoms with van der Waals surface area (Å²) in [5.74, 6) is 1.42. The number of piperidine rings is 2. The minimum Gasteiger partial charge on any atom is -0.369 e. The lowest BCUT2D eigenvalue weighted by Crippen LogP contribution is -2.39. The molecule has 164 valence electrons. The first-order chi connectivity index (χ1) is 13.1. The predicted molar refractivity (Wildman–Crippen MR) is 120 cm³/mol. The molecule has 7 nitrogen and oxygen atoms in total. The largest absolute Gasteiger partial charge is 0.369 e. The summed E-state index contributed by atoms with van der Waals surface area (Å²) in [6, 6.07) is 3.91. The van der Waals surface area contributed by atoms with E-state index in [0.717, 1.165) is 56.8 Å². The number of amides is 2. The van der Waals surface area contributed by atoms with Gasteiger partial charge in [0.15, 0.2) is 0 Å². The zero-order valence-electron chi connectivity index (χ0n) is 16.8. The Morgan fingerprint density at radius 1 is 1.17 bits per heavy atom. The van der Waals surface area contributed by atoms with Crippen molar-refractivity contribution in [3.05, 3.63) is 23.9 Å². The number of carbonyl (C=O) groups is 2. The van der Waals surface area contributed by atoms with Gasteiger partial charge in [0.1, 0.15) is 5.82 Å². The van der Waals surface area contributed by atoms with E-state index in [1.54, 1.807) is 6.20 Å². The van der Waals surface area contributed by atoms with Gasteiger partial charge in [-0.15, -0.1) is 24.8 Å². The van der Waals surface area contributed by atoms with Gasteiger partial charge in [-0.1, -0.05) is 6.07 Å². The Hall–Kier alpha value is -1.57. The van der Waals surface area contributed by atoms with Crippen molar-refractivity contribution in [3.63, 3.8) is 0 Å². The third kappa shape index (κ3) is 7.64. The molecule has 1 aromatic rings. The molecule has 0 atom stereocenters. The molecule has 3 heterocycles. The molecule has 0 aromatic carbocycles. The van der Waals surface area contributed by atoms with E-state index in [1.165, 1.54) is 12.8 Å². The lowest BCUT2D eigenvalue weighted by Gasteiger charge is -2.32. The third-order valence-electron chi connectivity index (χ3n) is 5.78. The van der Waals surface area contributed by atoms with E-state index in [2.05, 4.69) is 20.5 Å². The van der Waals surface area contributed by atoms with E-state index in [-0.39, 0.29) is 42.5 Å². The fourth-order valence-corrected chi connectivity index (χ4v) is 4.02. The van der Waals surface area contributed by atoms with E-state index >= 15 is 0 Å². The summed E-state index contributed by atoms with van der Waals surface area (Å²) in [6.45, 7) is 4.15. The number of nitrogens with zero attached hydrogens (tertiary/aromatic N) is 2. The molecule has 3 rings (SSSR count). The van der Waals surface area contributed by atoms with Crippen molar-refractivity contribution in [2.45, 2.75) is 45.1 Å². The van der Waals surface area contributed by atoms with Crippen LogP contribution in [-0.4, -0.2) is 43.0 Å². The van der Waals surface area contributed by atoms with Gasteiger partial charge in [0.05, 0.1) is 0 Å². The van der Waals surface area contributed by atoms with Gasteiger partial charge in [-0.05, 0) is 57.2 Å². The van der Waals surface area contributed by atoms with Gasteiger partial charge in [-0.25, -0.2) is 4.98 Å². The monoisotopic (exact) mass is 445 g/mol. The smallest absolute Gasteiger partial charge is 0.220 e. The Bertz CT molecular complexity index is 648. The van der Waals surface area contributed by atoms with Gasteiger partial charge in [-0.2, -0.15) is 0 Å². The zero-order valence-corrected chi connectivity index (χ0v) is 18.4. The highest BCUT2D eigenvalue weighted by molar-refractivity contribution is 5.85. The van der Waals surface area contributed by atoms with Crippen LogP contribution in [-0.2, 0) is 16.1 Å². The number of nitrogens with two attached hydrogens (primary N) is 1. The van der Waals surface area contributed by atoms with E-state index in [4.69, 9.17) is 5.73 Å². The SMILES string of the molecule is Cl.Cl.NC(=O)C1CCN(c2ncccc2CNC(=O)CCC2CCNCC2)CC1. The van der Waals surface area contributed by atoms with E-state index in [0.29, 0.717) is 18.9 Å². The summed E-state index contributed by atoms with van der Waals surface area (Å²) in [5.41, 5.74) is 6.44. The third-order valence-corrected chi connectivity index (χ3v) is 5.78. The molecule has 9 heteroatoms. The van der Waals surface area contributed by atoms with Gasteiger partial charge in [0, 0.05) is 43.7 Å². The topological polar surface area (TPSA) is 100 Å². The van der Waals surface area contributed by atoms with E-state index in [1.807, 2.05) is 12.1 Å². The molecule has 29 heavy (non-hydrogen) atoms. The van der Waals surface area contributed by atoms with Crippen molar-refractivity contribution < 1.29 is 9.59 Å². The minimum absolute atomic E-state index is 0. The number of carbonyl (C=O) groups excluding carboxylic acids is 2. The van der Waals surface area contributed by atoms with Crippen molar-refractivity contribution in [2.24, 2.45) is 17.6 Å². The Morgan fingerprint density at radius 2 is 1.86 bits per heavy atom. The maximum absolute atomic E-state index is 12.3. The first-order valence-electron chi connectivity index (χ1n) is 10.1. The summed E-state index contributed by atoms with van der Waals surface area (Å²) >= 11 is 0. The Labute approximate surface area is 185 Å². The lowest BCUT2D eigenvalue weighted by atomic mass is 9.93. The number of pyridine rings is 1. The maximum Gasteiger partial charge on any atom is 0.220 e. The number of anilines is 1. The van der Waals surface area contributed by atoms with Crippen LogP contribution in [0.3, 0.4) is 0 Å². The molecule has 1 aromatic heterocycles. The maximum atomic E-state index is 12.3. The molecular weight excluding hydrogens is 413 g/mol.